The number of aliphatic hydroxyl groups is 2. The number of nitrogens with one attached hydrogen (secondary N) is 6. The van der Waals surface area contributed by atoms with E-state index < -0.39 is 256 Å². The molecule has 12 heterocycles. The molecule has 18 atom stereocenters. The molecule has 4 aliphatic rings. The number of nitrogens with zero attached hydrogens (tertiary/aromatic N) is 16. The van der Waals surface area contributed by atoms with Crippen molar-refractivity contribution in [2.24, 2.45) is 11.8 Å². The number of fused-ring (bicyclic) bond motifs is 4. The lowest BCUT2D eigenvalue weighted by Crippen LogP contribution is -2.35. The van der Waals surface area contributed by atoms with Crippen molar-refractivity contribution in [3.8, 4) is 12.1 Å². The number of hydrogen-bond acceptors (Lipinski definition) is 35. The topological polar surface area (TPSA) is 581 Å². The van der Waals surface area contributed by atoms with Gasteiger partial charge in [0.25, 0.3) is 22.9 Å². The fraction of sp³-hybridized carbons (Fsp3) is 0.441. The van der Waals surface area contributed by atoms with Crippen molar-refractivity contribution in [3.05, 3.63) is 130 Å². The number of rotatable bonds is 34. The Kier molecular flexibility index (Phi) is 25.9. The molecule has 2 unspecified atom stereocenters. The molecule has 2 aromatic carbocycles. The zero-order chi connectivity index (χ0) is 85.0. The molecule has 4 amide bonds. The van der Waals surface area contributed by atoms with Gasteiger partial charge in [-0.05, 0) is 24.3 Å². The normalized spacial score (nSPS) is 25.4. The van der Waals surface area contributed by atoms with Crippen LogP contribution in [0.4, 0.5) is 41.1 Å². The second-order valence-corrected chi connectivity index (χ2v) is 31.5. The molecule has 8 aromatic heterocycles. The molecule has 8 N–H and O–H groups in total. The van der Waals surface area contributed by atoms with Crippen molar-refractivity contribution in [2.45, 2.75) is 139 Å². The number of ether oxygens (including phenoxy) is 4. The molecule has 45 nitrogen and oxygen atoms in total. The van der Waals surface area contributed by atoms with Gasteiger partial charge in [-0.25, -0.2) is 66.6 Å². The Labute approximate surface area is 671 Å². The number of H-pyrrole nitrogens is 2. The predicted molar refractivity (Wildman–Crippen MR) is 399 cm³/mol. The number of carbonyl (C=O) groups excluding carboxylic acids is 4. The van der Waals surface area contributed by atoms with Gasteiger partial charge >= 0.3 is 23.9 Å². The summed E-state index contributed by atoms with van der Waals surface area (Å²) in [6.45, 7) is -0.111. The van der Waals surface area contributed by atoms with Crippen LogP contribution in [0.15, 0.2) is 108 Å². The summed E-state index contributed by atoms with van der Waals surface area (Å²) in [4.78, 5) is 126. The van der Waals surface area contributed by atoms with Gasteiger partial charge in [-0.1, -0.05) is 64.1 Å². The highest BCUT2D eigenvalue weighted by atomic mass is 31.2. The summed E-state index contributed by atoms with van der Waals surface area (Å²) in [6, 6.07) is 19.5. The number of phosphoric acid groups is 2. The highest BCUT2D eigenvalue weighted by molar-refractivity contribution is 7.48. The highest BCUT2D eigenvalue weighted by Crippen LogP contribution is 2.57. The summed E-state index contributed by atoms with van der Waals surface area (Å²) in [5.74, 6) is -5.02. The first-order valence-electron chi connectivity index (χ1n) is 36.4. The van der Waals surface area contributed by atoms with Crippen LogP contribution in [0, 0.1) is 34.5 Å². The molecule has 52 heteroatoms. The van der Waals surface area contributed by atoms with Gasteiger partial charge in [0.05, 0.1) is 89.9 Å². The van der Waals surface area contributed by atoms with Gasteiger partial charge in [-0.2, -0.15) is 20.5 Å². The lowest BCUT2D eigenvalue weighted by molar-refractivity contribution is -0.119. The molecular weight excluding hydrogens is 1660 g/mol. The van der Waals surface area contributed by atoms with Gasteiger partial charge in [0.1, 0.15) is 49.3 Å². The van der Waals surface area contributed by atoms with Crippen LogP contribution in [0.1, 0.15) is 86.2 Å². The number of imidazole rings is 4. The van der Waals surface area contributed by atoms with E-state index in [4.69, 9.17) is 55.1 Å². The average molecular weight is 1730 g/mol. The summed E-state index contributed by atoms with van der Waals surface area (Å²) in [6.07, 6.45) is -30.0. The van der Waals surface area contributed by atoms with E-state index >= 15 is 26.7 Å². The molecule has 0 spiro atoms. The lowest BCUT2D eigenvalue weighted by Gasteiger charge is -2.25. The Morgan fingerprint density at radius 1 is 0.508 bits per heavy atom. The van der Waals surface area contributed by atoms with Crippen molar-refractivity contribution in [2.75, 3.05) is 60.9 Å². The number of aromatic amines is 2. The monoisotopic (exact) mass is 1730 g/mol. The van der Waals surface area contributed by atoms with E-state index in [-0.39, 0.29) is 45.1 Å². The quantitative estimate of drug-likeness (QED) is 0.0133. The summed E-state index contributed by atoms with van der Waals surface area (Å²) in [5, 5.41) is 50.3. The zero-order valence-electron chi connectivity index (χ0n) is 62.8. The van der Waals surface area contributed by atoms with E-state index in [1.807, 2.05) is 0 Å². The molecule has 0 radical (unpaired) electrons. The minimum absolute atomic E-state index is 0.0516. The first-order chi connectivity index (χ1) is 57.7. The molecule has 4 fully saturated rings. The van der Waals surface area contributed by atoms with Gasteiger partial charge in [-0.15, -0.1) is 9.05 Å². The SMILES string of the molecule is CC(C)C(=O)Nc1nc2c(ncn2[C@@H]2O[C@H](COP(=O)(OCCC#N)O[C@H]3[C@H](F)[C@H](n4cnc5c(NC(=O)c6ccccc6)ncnc54)O[C@@H]3CO)[C@@H](F)[C@H]2O[P+](=O)O[C@@H]2[C@H](F)[C@@H](COP(=O)(OCCC#N)O[C@H]3[C@H](F)[C@H](n4cnc5c(NC(=O)c6ccccc6)ncnc54)O[C@@H]3CO)O[C@H]2n2cnc3c(=O)[nH]c(NC(=O)C(C)C)nc32)c(=O)[nH]1. The number of hydrogen-bond donors (Lipinski definition) is 8. The van der Waals surface area contributed by atoms with Crippen molar-refractivity contribution in [1.29, 1.82) is 10.5 Å². The number of nitriles is 2. The van der Waals surface area contributed by atoms with E-state index in [0.717, 1.165) is 56.2 Å². The van der Waals surface area contributed by atoms with Crippen LogP contribution < -0.4 is 32.4 Å². The maximum atomic E-state index is 18.0. The molecule has 120 heavy (non-hydrogen) atoms. The number of amides is 4. The average Bonchev–Trinajstić information content (AvgIpc) is 1.61. The van der Waals surface area contributed by atoms with Crippen LogP contribution >= 0.6 is 23.9 Å². The Hall–Kier alpha value is -11.2. The number of alkyl halides is 4. The van der Waals surface area contributed by atoms with Crippen LogP contribution in [0.3, 0.4) is 0 Å². The lowest BCUT2D eigenvalue weighted by atomic mass is 10.1. The van der Waals surface area contributed by atoms with E-state index in [9.17, 15) is 54.1 Å². The first-order valence-corrected chi connectivity index (χ1v) is 40.4. The minimum Gasteiger partial charge on any atom is -0.394 e. The smallest absolute Gasteiger partial charge is 0.394 e. The van der Waals surface area contributed by atoms with Crippen molar-refractivity contribution in [3.63, 3.8) is 0 Å². The van der Waals surface area contributed by atoms with Crippen LogP contribution in [0.5, 0.6) is 0 Å². The third-order valence-corrected chi connectivity index (χ3v) is 22.6. The van der Waals surface area contributed by atoms with Gasteiger partial charge in [-0.3, -0.25) is 94.8 Å². The van der Waals surface area contributed by atoms with Gasteiger partial charge in [0, 0.05) is 27.5 Å². The number of benzene rings is 2. The number of aromatic nitrogens is 16. The molecule has 4 saturated heterocycles. The van der Waals surface area contributed by atoms with E-state index in [2.05, 4.69) is 81.1 Å². The summed E-state index contributed by atoms with van der Waals surface area (Å²) in [7, 11) is -14.9. The molecule has 0 aliphatic carbocycles. The maximum Gasteiger partial charge on any atom is 0.698 e. The molecule has 4 aliphatic heterocycles. The molecule has 10 aromatic rings. The number of carbonyl (C=O) groups is 4. The Bertz CT molecular complexity index is 5460. The zero-order valence-corrected chi connectivity index (χ0v) is 65.4. The molecular formula is C68H70F4N22O23P3+. The van der Waals surface area contributed by atoms with Crippen LogP contribution in [-0.2, 0) is 78.4 Å². The van der Waals surface area contributed by atoms with E-state index in [1.165, 1.54) is 52.0 Å². The third-order valence-electron chi connectivity index (χ3n) is 18.8. The first kappa shape index (κ1) is 85.2. The number of halogens is 4. The second-order valence-electron chi connectivity index (χ2n) is 27.4. The standard InChI is InChI=1S/C68H69F4N22O23P3/c1-31(2)57(97)87-67-85-55-45(61(101)89-67)81-29-93(55)65-49(39(69)37(112-65)23-108-119(104,106-19-11-17-73)116-47-35(21-95)110-63(41(47)71)91-27-79-43-51(75-25-77-53(43)91)83-59(99)33-13-7-5-8-14-33)114-118(103)115-50-40(70)38(113-66(50)94-30-82-46-56(94)86-68(90-62(46)102)88-58(98)32(3)4)24-109-120(105,107-20-12-18-74)117-48-36(22-96)111-64(42(48)72)92-28-80-44-52(76-26-78-54(44)92)84-60(100)34-15-9-6-10-16-34/h5-10,13-16,25-32,35-42,47-50,63-66,95-96H,11-12,19-24H2,1-4H3,(H5-,75,76,77,78,83,84,85,86,87,88,89,90,97,98,99,100,101,102)/p+1/t35-,36-,37-,38-,39-,40-,41+,42+,47-,48-,49-,50-,63-,64-,65-,66-,119?,120?/m1/s1. The molecule has 632 valence electrons. The second kappa shape index (κ2) is 36.4. The summed E-state index contributed by atoms with van der Waals surface area (Å²) >= 11 is 0. The van der Waals surface area contributed by atoms with Gasteiger partial charge in [0.2, 0.25) is 23.7 Å². The van der Waals surface area contributed by atoms with E-state index in [0.29, 0.717) is 0 Å². The predicted octanol–water partition coefficient (Wildman–Crippen LogP) is 5.86. The summed E-state index contributed by atoms with van der Waals surface area (Å²) < 4.78 is 189. The maximum absolute atomic E-state index is 18.0. The fourth-order valence-corrected chi connectivity index (χ4v) is 16.5. The van der Waals surface area contributed by atoms with Crippen LogP contribution in [0.25, 0.3) is 44.7 Å². The number of phosphoric ester groups is 2. The Balaban J connectivity index is 0.745. The molecule has 0 bridgehead atoms. The Morgan fingerprint density at radius 2 is 0.875 bits per heavy atom. The van der Waals surface area contributed by atoms with Gasteiger partial charge < -0.3 is 39.8 Å². The van der Waals surface area contributed by atoms with Crippen LogP contribution in [0.2, 0.25) is 0 Å². The largest absolute Gasteiger partial charge is 0.698 e. The fourth-order valence-electron chi connectivity index (χ4n) is 12.8. The van der Waals surface area contributed by atoms with E-state index in [1.54, 1.807) is 48.5 Å². The third kappa shape index (κ3) is 17.9. The van der Waals surface area contributed by atoms with Crippen LogP contribution in [-0.4, -0.2) is 225 Å². The number of anilines is 4. The van der Waals surface area contributed by atoms with Crippen molar-refractivity contribution in [1.82, 2.24) is 78.1 Å². The summed E-state index contributed by atoms with van der Waals surface area (Å²) in [5.41, 5.74) is -3.74. The number of aliphatic hydroxyl groups excluding tert-OH is 2. The van der Waals surface area contributed by atoms with Crippen molar-refractivity contribution >= 4 is 116 Å². The minimum atomic E-state index is -5.42. The highest BCUT2D eigenvalue weighted by Gasteiger charge is 2.59. The Morgan fingerprint density at radius 3 is 1.24 bits per heavy atom. The molecule has 14 rings (SSSR count). The molecule has 0 saturated carbocycles. The van der Waals surface area contributed by atoms with Gasteiger partial charge in [0.15, 0.2) is 118 Å². The van der Waals surface area contributed by atoms with Crippen molar-refractivity contribution < 1.29 is 116 Å².